The van der Waals surface area contributed by atoms with Gasteiger partial charge in [0.2, 0.25) is 0 Å². The van der Waals surface area contributed by atoms with Gasteiger partial charge in [0.1, 0.15) is 0 Å². The third-order valence-electron chi connectivity index (χ3n) is 3.27. The Morgan fingerprint density at radius 1 is 1.19 bits per heavy atom. The molecular weight excluding hydrogens is 330 g/mol. The van der Waals surface area contributed by atoms with E-state index in [2.05, 4.69) is 57.1 Å². The summed E-state index contributed by atoms with van der Waals surface area (Å²) in [5.74, 6) is 0.610. The van der Waals surface area contributed by atoms with E-state index in [0.717, 1.165) is 33.7 Å². The summed E-state index contributed by atoms with van der Waals surface area (Å²) in [5.41, 5.74) is 4.10. The molecule has 0 saturated heterocycles. The van der Waals surface area contributed by atoms with Crippen molar-refractivity contribution in [3.8, 4) is 5.95 Å². The van der Waals surface area contributed by atoms with Crippen LogP contribution in [0.3, 0.4) is 0 Å². The Hall–Kier alpha value is -1.27. The van der Waals surface area contributed by atoms with Gasteiger partial charge in [-0.3, -0.25) is 0 Å². The number of halogens is 1. The zero-order valence-electron chi connectivity index (χ0n) is 13.5. The van der Waals surface area contributed by atoms with E-state index >= 15 is 0 Å². The number of hydrogen-bond acceptors (Lipinski definition) is 4. The molecule has 0 aliphatic heterocycles. The second-order valence-electron chi connectivity index (χ2n) is 6.28. The lowest BCUT2D eigenvalue weighted by atomic mass is 10.1. The van der Waals surface area contributed by atoms with Gasteiger partial charge in [0.05, 0.1) is 15.9 Å². The topological polar surface area (TPSA) is 55.6 Å². The molecule has 21 heavy (non-hydrogen) atoms. The highest BCUT2D eigenvalue weighted by molar-refractivity contribution is 9.10. The molecule has 0 spiro atoms. The molecule has 114 valence electrons. The predicted molar refractivity (Wildman–Crippen MR) is 87.7 cm³/mol. The highest BCUT2D eigenvalue weighted by atomic mass is 79.9. The first-order valence-corrected chi connectivity index (χ1v) is 7.78. The van der Waals surface area contributed by atoms with E-state index in [1.807, 2.05) is 27.0 Å². The van der Waals surface area contributed by atoms with Crippen LogP contribution in [0.4, 0.5) is 0 Å². The molecule has 0 radical (unpaired) electrons. The zero-order chi connectivity index (χ0) is 15.8. The van der Waals surface area contributed by atoms with Gasteiger partial charge >= 0.3 is 0 Å². The zero-order valence-corrected chi connectivity index (χ0v) is 15.0. The molecular formula is C15H22BrN5. The molecule has 5 nitrogen and oxygen atoms in total. The summed E-state index contributed by atoms with van der Waals surface area (Å²) in [6.07, 6.45) is 1.88. The maximum Gasteiger partial charge on any atom is 0.251 e. The number of hydrogen-bond donors (Lipinski definition) is 1. The van der Waals surface area contributed by atoms with Gasteiger partial charge in [-0.05, 0) is 57.5 Å². The molecule has 0 aliphatic rings. The molecule has 0 atom stereocenters. The molecule has 0 bridgehead atoms. The van der Waals surface area contributed by atoms with Crippen LogP contribution in [0.25, 0.3) is 5.95 Å². The lowest BCUT2D eigenvalue weighted by Gasteiger charge is -2.21. The molecule has 0 aliphatic carbocycles. The van der Waals surface area contributed by atoms with Gasteiger partial charge in [0, 0.05) is 29.5 Å². The number of nitrogens with one attached hydrogen (secondary N) is 1. The van der Waals surface area contributed by atoms with Crippen LogP contribution in [0.1, 0.15) is 43.4 Å². The fraction of sp³-hybridized carbons (Fsp3) is 0.533. The molecule has 0 fully saturated rings. The number of aromatic nitrogens is 4. The summed E-state index contributed by atoms with van der Waals surface area (Å²) < 4.78 is 2.77. The van der Waals surface area contributed by atoms with Crippen LogP contribution in [0, 0.1) is 20.8 Å². The first-order chi connectivity index (χ1) is 9.69. The van der Waals surface area contributed by atoms with E-state index in [4.69, 9.17) is 0 Å². The minimum atomic E-state index is 0.0751. The smallest absolute Gasteiger partial charge is 0.251 e. The van der Waals surface area contributed by atoms with Crippen molar-refractivity contribution in [2.45, 2.75) is 53.6 Å². The third kappa shape index (κ3) is 3.68. The second kappa shape index (κ2) is 5.85. The van der Waals surface area contributed by atoms with Crippen molar-refractivity contribution >= 4 is 15.9 Å². The van der Waals surface area contributed by atoms with Crippen LogP contribution in [0.5, 0.6) is 0 Å². The fourth-order valence-corrected chi connectivity index (χ4v) is 2.18. The van der Waals surface area contributed by atoms with E-state index in [1.165, 1.54) is 0 Å². The van der Waals surface area contributed by atoms with Crippen LogP contribution in [0.15, 0.2) is 10.7 Å². The Morgan fingerprint density at radius 3 is 2.33 bits per heavy atom. The molecule has 0 saturated carbocycles. The van der Waals surface area contributed by atoms with Crippen LogP contribution in [-0.4, -0.2) is 25.3 Å². The third-order valence-corrected chi connectivity index (χ3v) is 4.42. The normalized spacial score (nSPS) is 12.0. The Bertz CT molecular complexity index is 655. The van der Waals surface area contributed by atoms with Gasteiger partial charge in [-0.2, -0.15) is 5.10 Å². The average Bonchev–Trinajstić information content (AvgIpc) is 2.64. The minimum Gasteiger partial charge on any atom is -0.308 e. The van der Waals surface area contributed by atoms with Crippen LogP contribution in [-0.2, 0) is 6.54 Å². The predicted octanol–water partition coefficient (Wildman–Crippen LogP) is 3.24. The highest BCUT2D eigenvalue weighted by Gasteiger charge is 2.14. The van der Waals surface area contributed by atoms with Crippen molar-refractivity contribution in [2.75, 3.05) is 0 Å². The van der Waals surface area contributed by atoms with Gasteiger partial charge in [0.25, 0.3) is 5.95 Å². The Labute approximate surface area is 134 Å². The summed E-state index contributed by atoms with van der Waals surface area (Å²) in [6, 6.07) is 0. The Kier molecular flexibility index (Phi) is 4.49. The minimum absolute atomic E-state index is 0.0751. The van der Waals surface area contributed by atoms with Gasteiger partial charge in [-0.15, -0.1) is 0 Å². The first kappa shape index (κ1) is 16.1. The van der Waals surface area contributed by atoms with Crippen LogP contribution >= 0.6 is 15.9 Å². The largest absolute Gasteiger partial charge is 0.308 e. The molecule has 0 aromatic carbocycles. The maximum atomic E-state index is 4.59. The van der Waals surface area contributed by atoms with Crippen LogP contribution in [0.2, 0.25) is 0 Å². The molecule has 2 rings (SSSR count). The van der Waals surface area contributed by atoms with Gasteiger partial charge < -0.3 is 5.32 Å². The van der Waals surface area contributed by atoms with E-state index in [9.17, 15) is 0 Å². The van der Waals surface area contributed by atoms with Crippen molar-refractivity contribution in [3.63, 3.8) is 0 Å². The van der Waals surface area contributed by atoms with Crippen molar-refractivity contribution < 1.29 is 0 Å². The summed E-state index contributed by atoms with van der Waals surface area (Å²) >= 11 is 3.53. The van der Waals surface area contributed by atoms with Gasteiger partial charge in [-0.25, -0.2) is 14.6 Å². The number of nitrogens with zero attached hydrogens (tertiary/aromatic N) is 4. The quantitative estimate of drug-likeness (QED) is 0.922. The Balaban J connectivity index is 2.28. The van der Waals surface area contributed by atoms with Crippen molar-refractivity contribution in [2.24, 2.45) is 0 Å². The van der Waals surface area contributed by atoms with E-state index in [0.29, 0.717) is 5.95 Å². The van der Waals surface area contributed by atoms with Gasteiger partial charge in [-0.1, -0.05) is 0 Å². The standard InChI is InChI=1S/C15H22BrN5/c1-9-12(8-18-15(4,5)6)7-17-14(19-9)21-11(3)13(16)10(2)20-21/h7,18H,8H2,1-6H3. The molecule has 2 aromatic heterocycles. The van der Waals surface area contributed by atoms with Gasteiger partial charge in [0.15, 0.2) is 0 Å². The first-order valence-electron chi connectivity index (χ1n) is 6.98. The van der Waals surface area contributed by atoms with Crippen LogP contribution < -0.4 is 5.32 Å². The maximum absolute atomic E-state index is 4.59. The molecule has 0 amide bonds. The van der Waals surface area contributed by atoms with Crippen molar-refractivity contribution in [1.29, 1.82) is 0 Å². The summed E-state index contributed by atoms with van der Waals surface area (Å²) in [5, 5.41) is 7.92. The number of aryl methyl sites for hydroxylation is 2. The number of rotatable bonds is 3. The van der Waals surface area contributed by atoms with E-state index < -0.39 is 0 Å². The highest BCUT2D eigenvalue weighted by Crippen LogP contribution is 2.21. The summed E-state index contributed by atoms with van der Waals surface area (Å²) in [4.78, 5) is 9.04. The van der Waals surface area contributed by atoms with E-state index in [1.54, 1.807) is 4.68 Å². The monoisotopic (exact) mass is 351 g/mol. The molecule has 0 unspecified atom stereocenters. The molecule has 2 heterocycles. The molecule has 2 aromatic rings. The molecule has 1 N–H and O–H groups in total. The lowest BCUT2D eigenvalue weighted by Crippen LogP contribution is -2.35. The average molecular weight is 352 g/mol. The SMILES string of the molecule is Cc1nc(-n2nc(C)c(Br)c2C)ncc1CNC(C)(C)C. The Morgan fingerprint density at radius 2 is 1.86 bits per heavy atom. The molecule has 6 heteroatoms. The summed E-state index contributed by atoms with van der Waals surface area (Å²) in [7, 11) is 0. The summed E-state index contributed by atoms with van der Waals surface area (Å²) in [6.45, 7) is 13.2. The fourth-order valence-electron chi connectivity index (χ4n) is 1.93. The lowest BCUT2D eigenvalue weighted by molar-refractivity contribution is 0.423. The van der Waals surface area contributed by atoms with Crippen molar-refractivity contribution in [3.05, 3.63) is 33.3 Å². The van der Waals surface area contributed by atoms with E-state index in [-0.39, 0.29) is 5.54 Å². The van der Waals surface area contributed by atoms with Crippen molar-refractivity contribution in [1.82, 2.24) is 25.1 Å². The second-order valence-corrected chi connectivity index (χ2v) is 7.07.